The number of nitrogens with zero attached hydrogens (tertiary/aromatic N) is 2. The van der Waals surface area contributed by atoms with E-state index in [1.165, 1.54) is 55.5 Å². The van der Waals surface area contributed by atoms with Gasteiger partial charge >= 0.3 is 0 Å². The van der Waals surface area contributed by atoms with E-state index in [4.69, 9.17) is 0 Å². The average molecular weight is 426 g/mol. The van der Waals surface area contributed by atoms with Crippen molar-refractivity contribution in [3.63, 3.8) is 0 Å². The van der Waals surface area contributed by atoms with Gasteiger partial charge in [0.05, 0.1) is 0 Å². The minimum absolute atomic E-state index is 0.182. The van der Waals surface area contributed by atoms with Gasteiger partial charge in [0.1, 0.15) is 13.1 Å². The molecule has 1 heterocycles. The quantitative estimate of drug-likeness (QED) is 0.316. The maximum atomic E-state index is 2.42. The van der Waals surface area contributed by atoms with Crippen LogP contribution in [0.3, 0.4) is 0 Å². The van der Waals surface area contributed by atoms with Crippen LogP contribution in [-0.2, 0) is 18.5 Å². The molecule has 166 valence electrons. The summed E-state index contributed by atoms with van der Waals surface area (Å²) < 4.78 is 4.81. The molecule has 3 aromatic carbocycles. The van der Waals surface area contributed by atoms with E-state index in [9.17, 15) is 0 Å². The van der Waals surface area contributed by atoms with E-state index in [0.29, 0.717) is 0 Å². The summed E-state index contributed by atoms with van der Waals surface area (Å²) in [5, 5.41) is 0. The van der Waals surface area contributed by atoms with Gasteiger partial charge in [0.25, 0.3) is 0 Å². The van der Waals surface area contributed by atoms with Crippen LogP contribution in [0.25, 0.3) is 11.0 Å². The van der Waals surface area contributed by atoms with E-state index in [-0.39, 0.29) is 5.41 Å². The van der Waals surface area contributed by atoms with Gasteiger partial charge in [-0.25, -0.2) is 9.13 Å². The summed E-state index contributed by atoms with van der Waals surface area (Å²) in [6, 6.07) is 17.9. The SMILES string of the molecule is Cc1c(C)c(C)c(Cn2c[n+](Cc3ccc(C(C)(C)C)cc3)c3ccccc32)c(C)c1C. The highest BCUT2D eigenvalue weighted by Gasteiger charge is 2.20. The molecule has 0 aliphatic carbocycles. The number of fused-ring (bicyclic) bond motifs is 1. The maximum absolute atomic E-state index is 2.42. The summed E-state index contributed by atoms with van der Waals surface area (Å²) in [7, 11) is 0. The Labute approximate surface area is 193 Å². The Morgan fingerprint density at radius 2 is 1.28 bits per heavy atom. The number of aromatic nitrogens is 2. The van der Waals surface area contributed by atoms with E-state index in [2.05, 4.69) is 119 Å². The molecule has 2 heteroatoms. The van der Waals surface area contributed by atoms with Crippen molar-refractivity contribution >= 4 is 11.0 Å². The zero-order chi connectivity index (χ0) is 23.2. The molecule has 0 aliphatic rings. The first-order chi connectivity index (χ1) is 15.1. The summed E-state index contributed by atoms with van der Waals surface area (Å²) in [6.45, 7) is 19.9. The van der Waals surface area contributed by atoms with Crippen molar-refractivity contribution < 1.29 is 4.57 Å². The predicted molar refractivity (Wildman–Crippen MR) is 136 cm³/mol. The van der Waals surface area contributed by atoms with Crippen LogP contribution in [0.15, 0.2) is 54.9 Å². The van der Waals surface area contributed by atoms with Gasteiger partial charge in [0.2, 0.25) is 6.33 Å². The molecule has 32 heavy (non-hydrogen) atoms. The summed E-state index contributed by atoms with van der Waals surface area (Å²) in [6.07, 6.45) is 2.30. The van der Waals surface area contributed by atoms with Crippen LogP contribution in [-0.4, -0.2) is 4.57 Å². The van der Waals surface area contributed by atoms with Crippen LogP contribution in [0, 0.1) is 34.6 Å². The zero-order valence-corrected chi connectivity index (χ0v) is 21.0. The molecule has 0 saturated carbocycles. The topological polar surface area (TPSA) is 8.81 Å². The van der Waals surface area contributed by atoms with Crippen molar-refractivity contribution in [1.29, 1.82) is 0 Å². The first kappa shape index (κ1) is 22.3. The predicted octanol–water partition coefficient (Wildman–Crippen LogP) is 6.87. The van der Waals surface area contributed by atoms with Crippen molar-refractivity contribution in [3.05, 3.63) is 99.4 Å². The second-order valence-electron chi connectivity index (χ2n) is 10.4. The summed E-state index contributed by atoms with van der Waals surface area (Å²) >= 11 is 0. The molecule has 0 bridgehead atoms. The first-order valence-corrected chi connectivity index (χ1v) is 11.7. The molecule has 1 aromatic heterocycles. The van der Waals surface area contributed by atoms with Crippen LogP contribution in [0.5, 0.6) is 0 Å². The van der Waals surface area contributed by atoms with E-state index in [1.54, 1.807) is 0 Å². The summed E-state index contributed by atoms with van der Waals surface area (Å²) in [4.78, 5) is 0. The normalized spacial score (nSPS) is 12.0. The number of benzene rings is 3. The monoisotopic (exact) mass is 425 g/mol. The van der Waals surface area contributed by atoms with Crippen LogP contribution < -0.4 is 4.57 Å². The van der Waals surface area contributed by atoms with Crippen LogP contribution in [0.1, 0.15) is 65.3 Å². The van der Waals surface area contributed by atoms with E-state index in [1.807, 2.05) is 0 Å². The van der Waals surface area contributed by atoms with Gasteiger partial charge in [-0.2, -0.15) is 0 Å². The van der Waals surface area contributed by atoms with Gasteiger partial charge in [-0.1, -0.05) is 57.2 Å². The molecule has 0 radical (unpaired) electrons. The highest BCUT2D eigenvalue weighted by molar-refractivity contribution is 5.72. The number of imidazole rings is 1. The van der Waals surface area contributed by atoms with Gasteiger partial charge in [0, 0.05) is 0 Å². The van der Waals surface area contributed by atoms with Gasteiger partial charge in [-0.05, 0) is 96.7 Å². The molecule has 0 unspecified atom stereocenters. The van der Waals surface area contributed by atoms with Gasteiger partial charge in [-0.3, -0.25) is 0 Å². The van der Waals surface area contributed by atoms with E-state index in [0.717, 1.165) is 13.1 Å². The standard InChI is InChI=1S/C30H37N2/c1-20-21(2)23(4)27(24(5)22(20)3)18-32-19-31(28-11-9-10-12-29(28)32)17-25-13-15-26(16-14-25)30(6,7)8/h9-16,19H,17-18H2,1-8H3/q+1. The molecule has 0 fully saturated rings. The Hall–Kier alpha value is -2.87. The lowest BCUT2D eigenvalue weighted by atomic mass is 9.87. The van der Waals surface area contributed by atoms with Crippen molar-refractivity contribution in [3.8, 4) is 0 Å². The van der Waals surface area contributed by atoms with Gasteiger partial charge < -0.3 is 0 Å². The van der Waals surface area contributed by atoms with Gasteiger partial charge in [-0.15, -0.1) is 0 Å². The fourth-order valence-electron chi connectivity index (χ4n) is 4.79. The molecule has 2 nitrogen and oxygen atoms in total. The number of hydrogen-bond acceptors (Lipinski definition) is 0. The lowest BCUT2D eigenvalue weighted by Crippen LogP contribution is -2.33. The Morgan fingerprint density at radius 1 is 0.719 bits per heavy atom. The van der Waals surface area contributed by atoms with Crippen molar-refractivity contribution in [1.82, 2.24) is 4.57 Å². The minimum atomic E-state index is 0.182. The Bertz CT molecular complexity index is 1250. The molecular weight excluding hydrogens is 388 g/mol. The average Bonchev–Trinajstić information content (AvgIpc) is 3.11. The third kappa shape index (κ3) is 3.99. The van der Waals surface area contributed by atoms with Crippen molar-refractivity contribution in [2.24, 2.45) is 0 Å². The first-order valence-electron chi connectivity index (χ1n) is 11.7. The highest BCUT2D eigenvalue weighted by Crippen LogP contribution is 2.28. The van der Waals surface area contributed by atoms with Crippen molar-refractivity contribution in [2.45, 2.75) is 73.9 Å². The van der Waals surface area contributed by atoms with Gasteiger partial charge in [0.15, 0.2) is 11.0 Å². The largest absolute Gasteiger partial charge is 0.245 e. The summed E-state index contributed by atoms with van der Waals surface area (Å²) in [5.74, 6) is 0. The minimum Gasteiger partial charge on any atom is -0.226 e. The Balaban J connectivity index is 1.73. The maximum Gasteiger partial charge on any atom is 0.245 e. The van der Waals surface area contributed by atoms with Crippen LogP contribution >= 0.6 is 0 Å². The number of rotatable bonds is 4. The number of hydrogen-bond donors (Lipinski definition) is 0. The Morgan fingerprint density at radius 3 is 1.88 bits per heavy atom. The molecule has 4 rings (SSSR count). The smallest absolute Gasteiger partial charge is 0.226 e. The fraction of sp³-hybridized carbons (Fsp3) is 0.367. The van der Waals surface area contributed by atoms with Crippen LogP contribution in [0.4, 0.5) is 0 Å². The molecule has 0 aliphatic heterocycles. The second kappa shape index (κ2) is 8.24. The van der Waals surface area contributed by atoms with E-state index < -0.39 is 0 Å². The third-order valence-electron chi connectivity index (χ3n) is 7.44. The lowest BCUT2D eigenvalue weighted by molar-refractivity contribution is -0.663. The molecule has 0 atom stereocenters. The Kier molecular flexibility index (Phi) is 5.75. The molecule has 0 spiro atoms. The molecule has 0 amide bonds. The highest BCUT2D eigenvalue weighted by atomic mass is 15.1. The zero-order valence-electron chi connectivity index (χ0n) is 21.0. The molecule has 4 aromatic rings. The summed E-state index contributed by atoms with van der Waals surface area (Å²) in [5.41, 5.74) is 14.0. The second-order valence-corrected chi connectivity index (χ2v) is 10.4. The molecule has 0 saturated heterocycles. The van der Waals surface area contributed by atoms with Crippen LogP contribution in [0.2, 0.25) is 0 Å². The van der Waals surface area contributed by atoms with Crippen molar-refractivity contribution in [2.75, 3.05) is 0 Å². The molecule has 0 N–H and O–H groups in total. The third-order valence-corrected chi connectivity index (χ3v) is 7.44. The number of para-hydroxylation sites is 2. The molecular formula is C30H37N2+. The lowest BCUT2D eigenvalue weighted by Gasteiger charge is -2.18. The van der Waals surface area contributed by atoms with E-state index >= 15 is 0 Å². The fourth-order valence-corrected chi connectivity index (χ4v) is 4.79.